The van der Waals surface area contributed by atoms with Crippen LogP contribution in [-0.4, -0.2) is 49.5 Å². The molecule has 0 aromatic carbocycles. The molecule has 0 fully saturated rings. The van der Waals surface area contributed by atoms with Gasteiger partial charge in [-0.1, -0.05) is 0 Å². The van der Waals surface area contributed by atoms with Crippen LogP contribution in [0.3, 0.4) is 0 Å². The van der Waals surface area contributed by atoms with E-state index in [-0.39, 0.29) is 5.75 Å². The molecule has 0 aliphatic heterocycles. The summed E-state index contributed by atoms with van der Waals surface area (Å²) >= 11 is 1.35. The van der Waals surface area contributed by atoms with Crippen LogP contribution in [0.5, 0.6) is 0 Å². The minimum atomic E-state index is -0.781. The van der Waals surface area contributed by atoms with E-state index in [1.807, 2.05) is 0 Å². The van der Waals surface area contributed by atoms with Crippen molar-refractivity contribution in [1.29, 1.82) is 0 Å². The van der Waals surface area contributed by atoms with Gasteiger partial charge in [0.05, 0.1) is 25.6 Å². The van der Waals surface area contributed by atoms with E-state index in [4.69, 9.17) is 14.6 Å². The van der Waals surface area contributed by atoms with Gasteiger partial charge in [-0.15, -0.1) is 11.8 Å². The minimum Gasteiger partial charge on any atom is -0.481 e. The standard InChI is InChI=1S/C7H14O4S/c1-10-2-3-11-4-5-12-6-7(8)9/h2-6H2,1H3,(H,8,9). The van der Waals surface area contributed by atoms with Gasteiger partial charge in [-0.3, -0.25) is 4.79 Å². The number of carboxylic acids is 1. The van der Waals surface area contributed by atoms with Gasteiger partial charge < -0.3 is 14.6 Å². The van der Waals surface area contributed by atoms with Crippen molar-refractivity contribution in [2.45, 2.75) is 0 Å². The molecule has 72 valence electrons. The van der Waals surface area contributed by atoms with E-state index in [1.54, 1.807) is 7.11 Å². The highest BCUT2D eigenvalue weighted by Gasteiger charge is 1.95. The lowest BCUT2D eigenvalue weighted by molar-refractivity contribution is -0.133. The van der Waals surface area contributed by atoms with Gasteiger partial charge in [0.1, 0.15) is 0 Å². The first-order valence-corrected chi connectivity index (χ1v) is 4.79. The van der Waals surface area contributed by atoms with Gasteiger partial charge in [0.25, 0.3) is 0 Å². The normalized spacial score (nSPS) is 10.1. The number of aliphatic carboxylic acids is 1. The molecule has 0 atom stereocenters. The number of thioether (sulfide) groups is 1. The zero-order valence-corrected chi connectivity index (χ0v) is 7.93. The molecule has 0 aromatic heterocycles. The molecule has 0 aromatic rings. The predicted molar refractivity (Wildman–Crippen MR) is 47.7 cm³/mol. The molecular weight excluding hydrogens is 180 g/mol. The SMILES string of the molecule is COCCOCCSCC(=O)O. The summed E-state index contributed by atoms with van der Waals surface area (Å²) in [5, 5.41) is 8.27. The Morgan fingerprint density at radius 2 is 2.17 bits per heavy atom. The van der Waals surface area contributed by atoms with Crippen LogP contribution in [0.4, 0.5) is 0 Å². The number of methoxy groups -OCH3 is 1. The zero-order chi connectivity index (χ0) is 9.23. The smallest absolute Gasteiger partial charge is 0.313 e. The van der Waals surface area contributed by atoms with E-state index in [0.29, 0.717) is 19.8 Å². The first kappa shape index (κ1) is 11.7. The van der Waals surface area contributed by atoms with Crippen LogP contribution >= 0.6 is 11.8 Å². The maximum atomic E-state index is 10.1. The van der Waals surface area contributed by atoms with Crippen LogP contribution < -0.4 is 0 Å². The Morgan fingerprint density at radius 3 is 2.75 bits per heavy atom. The quantitative estimate of drug-likeness (QED) is 0.569. The van der Waals surface area contributed by atoms with Crippen LogP contribution in [0.1, 0.15) is 0 Å². The van der Waals surface area contributed by atoms with Gasteiger partial charge in [-0.2, -0.15) is 0 Å². The van der Waals surface area contributed by atoms with Crippen LogP contribution in [0.25, 0.3) is 0 Å². The second-order valence-corrected chi connectivity index (χ2v) is 3.16. The lowest BCUT2D eigenvalue weighted by Crippen LogP contribution is -2.06. The average molecular weight is 194 g/mol. The third kappa shape index (κ3) is 9.74. The first-order valence-electron chi connectivity index (χ1n) is 3.63. The van der Waals surface area contributed by atoms with Gasteiger partial charge in [0.2, 0.25) is 0 Å². The monoisotopic (exact) mass is 194 g/mol. The molecule has 0 aliphatic rings. The molecule has 0 saturated heterocycles. The molecule has 12 heavy (non-hydrogen) atoms. The Balaban J connectivity index is 2.86. The number of carbonyl (C=O) groups is 1. The van der Waals surface area contributed by atoms with E-state index in [9.17, 15) is 4.79 Å². The number of carboxylic acid groups (broad SMARTS) is 1. The summed E-state index contributed by atoms with van der Waals surface area (Å²) in [6.45, 7) is 1.75. The predicted octanol–water partition coefficient (Wildman–Crippen LogP) is 0.467. The molecule has 1 N–H and O–H groups in total. The second-order valence-electron chi connectivity index (χ2n) is 2.05. The highest BCUT2D eigenvalue weighted by Crippen LogP contribution is 1.98. The van der Waals surface area contributed by atoms with Gasteiger partial charge in [0, 0.05) is 12.9 Å². The maximum absolute atomic E-state index is 10.1. The summed E-state index contributed by atoms with van der Waals surface area (Å²) < 4.78 is 9.88. The molecule has 4 nitrogen and oxygen atoms in total. The van der Waals surface area contributed by atoms with Gasteiger partial charge in [0.15, 0.2) is 0 Å². The van der Waals surface area contributed by atoms with E-state index in [0.717, 1.165) is 5.75 Å². The minimum absolute atomic E-state index is 0.146. The van der Waals surface area contributed by atoms with Crippen molar-refractivity contribution in [2.75, 3.05) is 38.4 Å². The first-order chi connectivity index (χ1) is 5.77. The van der Waals surface area contributed by atoms with E-state index >= 15 is 0 Å². The summed E-state index contributed by atoms with van der Waals surface area (Å²) in [4.78, 5) is 10.1. The molecule has 5 heteroatoms. The summed E-state index contributed by atoms with van der Waals surface area (Å²) in [6, 6.07) is 0. The summed E-state index contributed by atoms with van der Waals surface area (Å²) in [5.41, 5.74) is 0. The fourth-order valence-electron chi connectivity index (χ4n) is 0.522. The van der Waals surface area contributed by atoms with Crippen LogP contribution in [0.15, 0.2) is 0 Å². The molecule has 0 aliphatic carbocycles. The van der Waals surface area contributed by atoms with Crippen molar-refractivity contribution in [1.82, 2.24) is 0 Å². The molecule has 0 amide bonds. The Labute approximate surface area is 76.2 Å². The van der Waals surface area contributed by atoms with E-state index < -0.39 is 5.97 Å². The largest absolute Gasteiger partial charge is 0.481 e. The molecule has 0 spiro atoms. The van der Waals surface area contributed by atoms with Crippen LogP contribution in [0, 0.1) is 0 Å². The fourth-order valence-corrected chi connectivity index (χ4v) is 1.08. The molecule has 0 radical (unpaired) electrons. The number of hydrogen-bond acceptors (Lipinski definition) is 4. The topological polar surface area (TPSA) is 55.8 Å². The highest BCUT2D eigenvalue weighted by atomic mass is 32.2. The molecule has 0 unspecified atom stereocenters. The van der Waals surface area contributed by atoms with E-state index in [1.165, 1.54) is 11.8 Å². The van der Waals surface area contributed by atoms with Gasteiger partial charge in [-0.05, 0) is 0 Å². The molecule has 0 saturated carbocycles. The van der Waals surface area contributed by atoms with Gasteiger partial charge >= 0.3 is 5.97 Å². The Bertz CT molecular complexity index is 118. The van der Waals surface area contributed by atoms with Gasteiger partial charge in [-0.25, -0.2) is 0 Å². The third-order valence-corrected chi connectivity index (χ3v) is 1.94. The number of rotatable bonds is 8. The van der Waals surface area contributed by atoms with Crippen LogP contribution in [-0.2, 0) is 14.3 Å². The van der Waals surface area contributed by atoms with Crippen LogP contribution in [0.2, 0.25) is 0 Å². The highest BCUT2D eigenvalue weighted by molar-refractivity contribution is 7.99. The lowest BCUT2D eigenvalue weighted by Gasteiger charge is -2.01. The summed E-state index contributed by atoms with van der Waals surface area (Å²) in [6.07, 6.45) is 0. The average Bonchev–Trinajstić information content (AvgIpc) is 2.02. The Kier molecular flexibility index (Phi) is 8.64. The summed E-state index contributed by atoms with van der Waals surface area (Å²) in [5.74, 6) is 0.0841. The maximum Gasteiger partial charge on any atom is 0.313 e. The van der Waals surface area contributed by atoms with Crippen molar-refractivity contribution < 1.29 is 19.4 Å². The zero-order valence-electron chi connectivity index (χ0n) is 7.12. The van der Waals surface area contributed by atoms with Crippen molar-refractivity contribution in [3.05, 3.63) is 0 Å². The fraction of sp³-hybridized carbons (Fsp3) is 0.857. The van der Waals surface area contributed by atoms with Crippen molar-refractivity contribution in [2.24, 2.45) is 0 Å². The van der Waals surface area contributed by atoms with Crippen molar-refractivity contribution >= 4 is 17.7 Å². The Morgan fingerprint density at radius 1 is 1.42 bits per heavy atom. The van der Waals surface area contributed by atoms with E-state index in [2.05, 4.69) is 0 Å². The van der Waals surface area contributed by atoms with Crippen molar-refractivity contribution in [3.63, 3.8) is 0 Å². The third-order valence-electron chi connectivity index (χ3n) is 1.03. The number of ether oxygens (including phenoxy) is 2. The molecule has 0 heterocycles. The van der Waals surface area contributed by atoms with Crippen molar-refractivity contribution in [3.8, 4) is 0 Å². The lowest BCUT2D eigenvalue weighted by atomic mass is 10.7. The Hall–Kier alpha value is -0.260. The number of hydrogen-bond donors (Lipinski definition) is 1. The molecular formula is C7H14O4S. The molecule has 0 bridgehead atoms. The second kappa shape index (κ2) is 8.83. The molecule has 0 rings (SSSR count). The summed E-state index contributed by atoms with van der Waals surface area (Å²) in [7, 11) is 1.61.